The van der Waals surface area contributed by atoms with Crippen molar-refractivity contribution in [2.75, 3.05) is 5.32 Å². The lowest BCUT2D eigenvalue weighted by Crippen LogP contribution is -2.22. The van der Waals surface area contributed by atoms with E-state index in [2.05, 4.69) is 20.3 Å². The number of amides is 1. The molecule has 0 saturated carbocycles. The lowest BCUT2D eigenvalue weighted by atomic mass is 10.0. The van der Waals surface area contributed by atoms with Gasteiger partial charge >= 0.3 is 6.18 Å². The second kappa shape index (κ2) is 8.12. The maximum absolute atomic E-state index is 13.0. The van der Waals surface area contributed by atoms with E-state index in [-0.39, 0.29) is 16.8 Å². The number of carbonyl (C=O) groups excluding carboxylic acids is 1. The number of benzene rings is 2. The van der Waals surface area contributed by atoms with Crippen molar-refractivity contribution >= 4 is 22.8 Å². The molecule has 2 heterocycles. The van der Waals surface area contributed by atoms with Crippen molar-refractivity contribution in [1.82, 2.24) is 19.5 Å². The Morgan fingerprint density at radius 3 is 2.55 bits per heavy atom. The zero-order valence-corrected chi connectivity index (χ0v) is 17.9. The van der Waals surface area contributed by atoms with Gasteiger partial charge in [-0.1, -0.05) is 12.1 Å². The Morgan fingerprint density at radius 1 is 1.06 bits per heavy atom. The molecule has 2 aromatic carbocycles. The van der Waals surface area contributed by atoms with Crippen LogP contribution < -0.4 is 10.9 Å². The quantitative estimate of drug-likeness (QED) is 0.500. The second-order valence-electron chi connectivity index (χ2n) is 7.51. The van der Waals surface area contributed by atoms with Crippen LogP contribution in [-0.4, -0.2) is 25.4 Å². The number of nitrogens with zero attached hydrogens (tertiary/aromatic N) is 4. The second-order valence-corrected chi connectivity index (χ2v) is 7.51. The SMILES string of the molecule is Cc1ncc2nc(-c3cc(NC(=O)c4cccc(C(F)(F)F)c4)ccc3C)c(=O)n(C)c2n1. The summed E-state index contributed by atoms with van der Waals surface area (Å²) >= 11 is 0. The number of anilines is 1. The van der Waals surface area contributed by atoms with Crippen LogP contribution in [0.5, 0.6) is 0 Å². The predicted octanol–water partition coefficient (Wildman–Crippen LogP) is 4.28. The minimum Gasteiger partial charge on any atom is -0.322 e. The van der Waals surface area contributed by atoms with Crippen LogP contribution in [-0.2, 0) is 13.2 Å². The van der Waals surface area contributed by atoms with E-state index >= 15 is 0 Å². The summed E-state index contributed by atoms with van der Waals surface area (Å²) < 4.78 is 40.3. The molecule has 0 aliphatic rings. The number of aryl methyl sites for hydroxylation is 3. The molecule has 0 radical (unpaired) electrons. The fourth-order valence-corrected chi connectivity index (χ4v) is 3.37. The van der Waals surface area contributed by atoms with Gasteiger partial charge in [-0.15, -0.1) is 0 Å². The minimum absolute atomic E-state index is 0.140. The highest BCUT2D eigenvalue weighted by Gasteiger charge is 2.31. The van der Waals surface area contributed by atoms with Crippen molar-refractivity contribution in [1.29, 1.82) is 0 Å². The fourth-order valence-electron chi connectivity index (χ4n) is 3.37. The van der Waals surface area contributed by atoms with Crippen LogP contribution in [0.25, 0.3) is 22.4 Å². The molecule has 0 aliphatic heterocycles. The first-order valence-electron chi connectivity index (χ1n) is 9.84. The van der Waals surface area contributed by atoms with Gasteiger partial charge in [0.25, 0.3) is 11.5 Å². The third kappa shape index (κ3) is 4.32. The molecule has 4 rings (SSSR count). The highest BCUT2D eigenvalue weighted by molar-refractivity contribution is 6.04. The Balaban J connectivity index is 1.73. The minimum atomic E-state index is -4.56. The van der Waals surface area contributed by atoms with Gasteiger partial charge < -0.3 is 5.32 Å². The van der Waals surface area contributed by atoms with Crippen molar-refractivity contribution in [3.05, 3.63) is 81.5 Å². The van der Waals surface area contributed by atoms with Crippen LogP contribution in [0.4, 0.5) is 18.9 Å². The number of aromatic nitrogens is 4. The van der Waals surface area contributed by atoms with Crippen molar-refractivity contribution in [3.63, 3.8) is 0 Å². The Morgan fingerprint density at radius 2 is 1.82 bits per heavy atom. The molecule has 0 saturated heterocycles. The topological polar surface area (TPSA) is 89.8 Å². The first-order valence-corrected chi connectivity index (χ1v) is 9.84. The van der Waals surface area contributed by atoms with Gasteiger partial charge in [0.15, 0.2) is 5.65 Å². The van der Waals surface area contributed by atoms with E-state index in [1.807, 2.05) is 0 Å². The fraction of sp³-hybridized carbons (Fsp3) is 0.174. The van der Waals surface area contributed by atoms with Crippen molar-refractivity contribution in [2.45, 2.75) is 20.0 Å². The Bertz CT molecular complexity index is 1460. The Hall–Kier alpha value is -4.08. The van der Waals surface area contributed by atoms with E-state index in [9.17, 15) is 22.8 Å². The number of alkyl halides is 3. The molecule has 10 heteroatoms. The zero-order valence-electron chi connectivity index (χ0n) is 17.9. The van der Waals surface area contributed by atoms with Crippen molar-refractivity contribution in [2.24, 2.45) is 7.05 Å². The van der Waals surface area contributed by atoms with Gasteiger partial charge in [0.1, 0.15) is 17.0 Å². The molecule has 4 aromatic rings. The highest BCUT2D eigenvalue weighted by Crippen LogP contribution is 2.30. The third-order valence-corrected chi connectivity index (χ3v) is 5.13. The molecule has 2 aromatic heterocycles. The van der Waals surface area contributed by atoms with Crippen molar-refractivity contribution < 1.29 is 18.0 Å². The average Bonchev–Trinajstić information content (AvgIpc) is 2.77. The summed E-state index contributed by atoms with van der Waals surface area (Å²) in [4.78, 5) is 38.4. The summed E-state index contributed by atoms with van der Waals surface area (Å²) in [5, 5.41) is 2.59. The molecule has 33 heavy (non-hydrogen) atoms. The summed E-state index contributed by atoms with van der Waals surface area (Å²) in [6, 6.07) is 9.00. The first kappa shape index (κ1) is 22.1. The number of fused-ring (bicyclic) bond motifs is 1. The van der Waals surface area contributed by atoms with E-state index in [0.717, 1.165) is 17.7 Å². The summed E-state index contributed by atoms with van der Waals surface area (Å²) in [5.74, 6) is -0.207. The molecule has 0 spiro atoms. The van der Waals surface area contributed by atoms with Crippen LogP contribution in [0, 0.1) is 13.8 Å². The molecular formula is C23H18F3N5O2. The molecule has 1 N–H and O–H groups in total. The highest BCUT2D eigenvalue weighted by atomic mass is 19.4. The molecule has 0 bridgehead atoms. The summed E-state index contributed by atoms with van der Waals surface area (Å²) in [6.45, 7) is 3.49. The van der Waals surface area contributed by atoms with Gasteiger partial charge in [0.2, 0.25) is 0 Å². The first-order chi connectivity index (χ1) is 15.5. The number of hydrogen-bond donors (Lipinski definition) is 1. The van der Waals surface area contributed by atoms with Crippen LogP contribution in [0.2, 0.25) is 0 Å². The number of carbonyl (C=O) groups is 1. The van der Waals surface area contributed by atoms with Gasteiger partial charge in [0, 0.05) is 23.9 Å². The lowest BCUT2D eigenvalue weighted by molar-refractivity contribution is -0.137. The summed E-state index contributed by atoms with van der Waals surface area (Å²) in [5.41, 5.74) is 1.03. The van der Waals surface area contributed by atoms with Crippen LogP contribution in [0.1, 0.15) is 27.3 Å². The van der Waals surface area contributed by atoms with E-state index in [1.54, 1.807) is 39.1 Å². The average molecular weight is 453 g/mol. The van der Waals surface area contributed by atoms with Crippen molar-refractivity contribution in [3.8, 4) is 11.3 Å². The van der Waals surface area contributed by atoms with Crippen LogP contribution in [0.15, 0.2) is 53.5 Å². The van der Waals surface area contributed by atoms with E-state index in [1.165, 1.54) is 22.9 Å². The lowest BCUT2D eigenvalue weighted by Gasteiger charge is -2.12. The molecule has 168 valence electrons. The van der Waals surface area contributed by atoms with Gasteiger partial charge in [-0.25, -0.2) is 15.0 Å². The van der Waals surface area contributed by atoms with E-state index in [4.69, 9.17) is 0 Å². The van der Waals surface area contributed by atoms with Gasteiger partial charge in [-0.3, -0.25) is 14.2 Å². The van der Waals surface area contributed by atoms with Crippen LogP contribution in [0.3, 0.4) is 0 Å². The monoisotopic (exact) mass is 453 g/mol. The van der Waals surface area contributed by atoms with E-state index < -0.39 is 17.6 Å². The normalized spacial score (nSPS) is 11.6. The molecule has 1 amide bonds. The van der Waals surface area contributed by atoms with E-state index in [0.29, 0.717) is 28.2 Å². The smallest absolute Gasteiger partial charge is 0.322 e. The number of hydrogen-bond acceptors (Lipinski definition) is 5. The maximum Gasteiger partial charge on any atom is 0.416 e. The van der Waals surface area contributed by atoms with Gasteiger partial charge in [-0.2, -0.15) is 13.2 Å². The Labute approximate surface area is 186 Å². The number of halogens is 3. The van der Waals surface area contributed by atoms with Gasteiger partial charge in [0.05, 0.1) is 11.8 Å². The molecule has 0 unspecified atom stereocenters. The van der Waals surface area contributed by atoms with Gasteiger partial charge in [-0.05, 0) is 49.7 Å². The zero-order chi connectivity index (χ0) is 23.9. The molecule has 0 atom stereocenters. The predicted molar refractivity (Wildman–Crippen MR) is 117 cm³/mol. The molecule has 7 nitrogen and oxygen atoms in total. The largest absolute Gasteiger partial charge is 0.416 e. The summed E-state index contributed by atoms with van der Waals surface area (Å²) in [7, 11) is 1.58. The van der Waals surface area contributed by atoms with Crippen LogP contribution >= 0.6 is 0 Å². The molecular weight excluding hydrogens is 435 g/mol. The standard InChI is InChI=1S/C23H18F3N5O2/c1-12-7-8-16(29-21(32)14-5-4-6-15(9-14)23(24,25)26)10-17(12)19-22(33)31(3)20-18(30-19)11-27-13(2)28-20/h4-11H,1-3H3,(H,29,32). The Kier molecular flexibility index (Phi) is 5.44. The maximum atomic E-state index is 13.0. The number of nitrogens with one attached hydrogen (secondary N) is 1. The summed E-state index contributed by atoms with van der Waals surface area (Å²) in [6.07, 6.45) is -3.04. The number of rotatable bonds is 3. The molecule has 0 fully saturated rings. The third-order valence-electron chi connectivity index (χ3n) is 5.13. The molecule has 0 aliphatic carbocycles.